The Balaban J connectivity index is 2.75. The minimum atomic E-state index is 0.0291. The fourth-order valence-corrected chi connectivity index (χ4v) is 1.72. The van der Waals surface area contributed by atoms with Gasteiger partial charge < -0.3 is 15.2 Å². The van der Waals surface area contributed by atoms with Gasteiger partial charge >= 0.3 is 0 Å². The first-order valence-electron chi connectivity index (χ1n) is 4.81. The molecule has 4 heteroatoms. The lowest BCUT2D eigenvalue weighted by Gasteiger charge is -2.16. The van der Waals surface area contributed by atoms with Crippen molar-refractivity contribution in [2.75, 3.05) is 13.7 Å². The predicted octanol–water partition coefficient (Wildman–Crippen LogP) is 2.32. The van der Waals surface area contributed by atoms with Crippen LogP contribution in [0.1, 0.15) is 12.5 Å². The number of methoxy groups -OCH3 is 1. The molecule has 0 aromatic heterocycles. The maximum absolute atomic E-state index is 5.71. The van der Waals surface area contributed by atoms with Gasteiger partial charge in [-0.05, 0) is 25.1 Å². The molecule has 0 fully saturated rings. The minimum absolute atomic E-state index is 0.0291. The van der Waals surface area contributed by atoms with Gasteiger partial charge in [-0.2, -0.15) is 0 Å². The largest absolute Gasteiger partial charge is 0.488 e. The van der Waals surface area contributed by atoms with Gasteiger partial charge in [-0.3, -0.25) is 0 Å². The normalized spacial score (nSPS) is 12.5. The van der Waals surface area contributed by atoms with Gasteiger partial charge in [-0.1, -0.05) is 15.9 Å². The number of halogens is 1. The van der Waals surface area contributed by atoms with Gasteiger partial charge in [0, 0.05) is 23.7 Å². The highest BCUT2D eigenvalue weighted by Crippen LogP contribution is 2.23. The van der Waals surface area contributed by atoms with Crippen molar-refractivity contribution in [1.82, 2.24) is 0 Å². The lowest BCUT2D eigenvalue weighted by Crippen LogP contribution is -2.19. The van der Waals surface area contributed by atoms with Gasteiger partial charge in [-0.25, -0.2) is 0 Å². The van der Waals surface area contributed by atoms with E-state index >= 15 is 0 Å². The molecule has 1 aromatic carbocycles. The predicted molar refractivity (Wildman–Crippen MR) is 64.0 cm³/mol. The summed E-state index contributed by atoms with van der Waals surface area (Å²) >= 11 is 3.40. The minimum Gasteiger partial charge on any atom is -0.488 e. The smallest absolute Gasteiger partial charge is 0.124 e. The van der Waals surface area contributed by atoms with Gasteiger partial charge in [0.15, 0.2) is 0 Å². The molecule has 0 saturated carbocycles. The molecular weight excluding hydrogens is 258 g/mol. The highest BCUT2D eigenvalue weighted by Gasteiger charge is 2.07. The lowest BCUT2D eigenvalue weighted by molar-refractivity contribution is 0.0914. The molecule has 0 spiro atoms. The second-order valence-corrected chi connectivity index (χ2v) is 4.26. The highest BCUT2D eigenvalue weighted by molar-refractivity contribution is 9.10. The molecule has 0 aliphatic carbocycles. The molecule has 84 valence electrons. The number of benzene rings is 1. The second-order valence-electron chi connectivity index (χ2n) is 3.34. The summed E-state index contributed by atoms with van der Waals surface area (Å²) in [5, 5.41) is 0. The summed E-state index contributed by atoms with van der Waals surface area (Å²) in [5.41, 5.74) is 6.63. The van der Waals surface area contributed by atoms with Crippen molar-refractivity contribution in [2.45, 2.75) is 19.6 Å². The quantitative estimate of drug-likeness (QED) is 0.896. The Kier molecular flexibility index (Phi) is 5.08. The molecule has 3 nitrogen and oxygen atoms in total. The van der Waals surface area contributed by atoms with E-state index in [1.54, 1.807) is 7.11 Å². The molecule has 0 saturated heterocycles. The third kappa shape index (κ3) is 3.81. The zero-order valence-electron chi connectivity index (χ0n) is 9.00. The molecule has 0 heterocycles. The Morgan fingerprint density at radius 2 is 2.20 bits per heavy atom. The van der Waals surface area contributed by atoms with Crippen molar-refractivity contribution in [3.8, 4) is 5.75 Å². The van der Waals surface area contributed by atoms with Crippen LogP contribution in [0, 0.1) is 0 Å². The molecule has 0 amide bonds. The average Bonchev–Trinajstić information content (AvgIpc) is 2.21. The van der Waals surface area contributed by atoms with E-state index in [2.05, 4.69) is 15.9 Å². The van der Waals surface area contributed by atoms with Gasteiger partial charge in [0.2, 0.25) is 0 Å². The van der Waals surface area contributed by atoms with Crippen molar-refractivity contribution < 1.29 is 9.47 Å². The highest BCUT2D eigenvalue weighted by atomic mass is 79.9. The van der Waals surface area contributed by atoms with E-state index in [0.29, 0.717) is 13.2 Å². The van der Waals surface area contributed by atoms with E-state index in [1.165, 1.54) is 0 Å². The number of nitrogens with two attached hydrogens (primary N) is 1. The Hall–Kier alpha value is -0.580. The fraction of sp³-hybridized carbons (Fsp3) is 0.455. The van der Waals surface area contributed by atoms with Crippen molar-refractivity contribution >= 4 is 15.9 Å². The average molecular weight is 274 g/mol. The van der Waals surface area contributed by atoms with Crippen LogP contribution in [-0.2, 0) is 11.3 Å². The van der Waals surface area contributed by atoms with Crippen molar-refractivity contribution in [3.63, 3.8) is 0 Å². The van der Waals surface area contributed by atoms with E-state index < -0.39 is 0 Å². The van der Waals surface area contributed by atoms with Crippen LogP contribution in [0.15, 0.2) is 22.7 Å². The van der Waals surface area contributed by atoms with Crippen LogP contribution in [0.2, 0.25) is 0 Å². The van der Waals surface area contributed by atoms with Crippen molar-refractivity contribution in [3.05, 3.63) is 28.2 Å². The number of hydrogen-bond acceptors (Lipinski definition) is 3. The maximum Gasteiger partial charge on any atom is 0.124 e. The Morgan fingerprint density at radius 1 is 1.47 bits per heavy atom. The molecule has 1 unspecified atom stereocenters. The Bertz CT molecular complexity index is 317. The SMILES string of the molecule is COCC(C)Oc1ccc(Br)cc1CN. The van der Waals surface area contributed by atoms with Crippen LogP contribution in [-0.4, -0.2) is 19.8 Å². The zero-order valence-corrected chi connectivity index (χ0v) is 10.6. The molecule has 0 aliphatic heterocycles. The molecule has 15 heavy (non-hydrogen) atoms. The van der Waals surface area contributed by atoms with Gasteiger partial charge in [-0.15, -0.1) is 0 Å². The summed E-state index contributed by atoms with van der Waals surface area (Å²) in [5.74, 6) is 0.824. The van der Waals surface area contributed by atoms with Gasteiger partial charge in [0.25, 0.3) is 0 Å². The van der Waals surface area contributed by atoms with Crippen LogP contribution in [0.5, 0.6) is 5.75 Å². The monoisotopic (exact) mass is 273 g/mol. The van der Waals surface area contributed by atoms with E-state index in [4.69, 9.17) is 15.2 Å². The van der Waals surface area contributed by atoms with Crippen molar-refractivity contribution in [2.24, 2.45) is 5.73 Å². The lowest BCUT2D eigenvalue weighted by atomic mass is 10.2. The zero-order chi connectivity index (χ0) is 11.3. The fourth-order valence-electron chi connectivity index (χ4n) is 1.31. The standard InChI is InChI=1S/C11H16BrNO2/c1-8(7-14-2)15-11-4-3-10(12)5-9(11)6-13/h3-5,8H,6-7,13H2,1-2H3. The van der Waals surface area contributed by atoms with E-state index in [9.17, 15) is 0 Å². The summed E-state index contributed by atoms with van der Waals surface area (Å²) in [4.78, 5) is 0. The third-order valence-electron chi connectivity index (χ3n) is 1.97. The maximum atomic E-state index is 5.71. The first-order chi connectivity index (χ1) is 7.17. The molecule has 0 aliphatic rings. The Labute approximate surface area is 98.7 Å². The van der Waals surface area contributed by atoms with Crippen LogP contribution < -0.4 is 10.5 Å². The number of ether oxygens (including phenoxy) is 2. The summed E-state index contributed by atoms with van der Waals surface area (Å²) < 4.78 is 11.7. The summed E-state index contributed by atoms with van der Waals surface area (Å²) in [7, 11) is 1.66. The van der Waals surface area contributed by atoms with E-state index in [-0.39, 0.29) is 6.10 Å². The second kappa shape index (κ2) is 6.10. The van der Waals surface area contributed by atoms with E-state index in [1.807, 2.05) is 25.1 Å². The van der Waals surface area contributed by atoms with Gasteiger partial charge in [0.05, 0.1) is 6.61 Å². The van der Waals surface area contributed by atoms with Gasteiger partial charge in [0.1, 0.15) is 11.9 Å². The molecule has 1 aromatic rings. The van der Waals surface area contributed by atoms with Crippen LogP contribution in [0.4, 0.5) is 0 Å². The van der Waals surface area contributed by atoms with Crippen LogP contribution in [0.25, 0.3) is 0 Å². The molecular formula is C11H16BrNO2. The topological polar surface area (TPSA) is 44.5 Å². The first kappa shape index (κ1) is 12.5. The summed E-state index contributed by atoms with van der Waals surface area (Å²) in [6.45, 7) is 3.00. The summed E-state index contributed by atoms with van der Waals surface area (Å²) in [6.07, 6.45) is 0.0291. The van der Waals surface area contributed by atoms with Crippen LogP contribution >= 0.6 is 15.9 Å². The molecule has 2 N–H and O–H groups in total. The van der Waals surface area contributed by atoms with Crippen molar-refractivity contribution in [1.29, 1.82) is 0 Å². The molecule has 0 radical (unpaired) electrons. The molecule has 1 rings (SSSR count). The summed E-state index contributed by atoms with van der Waals surface area (Å²) in [6, 6.07) is 5.82. The Morgan fingerprint density at radius 3 is 2.80 bits per heavy atom. The molecule has 0 bridgehead atoms. The van der Waals surface area contributed by atoms with Crippen LogP contribution in [0.3, 0.4) is 0 Å². The first-order valence-corrected chi connectivity index (χ1v) is 5.60. The van der Waals surface area contributed by atoms with E-state index in [0.717, 1.165) is 15.8 Å². The third-order valence-corrected chi connectivity index (χ3v) is 2.47. The number of rotatable bonds is 5. The number of hydrogen-bond donors (Lipinski definition) is 1. The molecule has 1 atom stereocenters.